The second-order valence-electron chi connectivity index (χ2n) is 24.4. The molecule has 20 heteroatoms. The Kier molecular flexibility index (Phi) is 54.8. The van der Waals surface area contributed by atoms with Gasteiger partial charge in [0.25, 0.3) is 0 Å². The van der Waals surface area contributed by atoms with Gasteiger partial charge in [0.1, 0.15) is 6.61 Å². The largest absolute Gasteiger partial charge is 0.466 e. The number of carbonyl (C=O) groups excluding carboxylic acids is 5. The van der Waals surface area contributed by atoms with Crippen LogP contribution in [-0.2, 0) is 47.7 Å². The van der Waals surface area contributed by atoms with Crippen LogP contribution in [0.3, 0.4) is 0 Å². The number of ether oxygens (including phenoxy) is 5. The third-order valence-corrected chi connectivity index (χ3v) is 19.1. The lowest BCUT2D eigenvalue weighted by Crippen LogP contribution is -2.47. The van der Waals surface area contributed by atoms with Gasteiger partial charge in [-0.2, -0.15) is 0 Å². The Hall–Kier alpha value is -2.27. The molecule has 0 bridgehead atoms. The summed E-state index contributed by atoms with van der Waals surface area (Å²) in [5.74, 6) is 1.90. The summed E-state index contributed by atoms with van der Waals surface area (Å²) < 4.78 is 27.1. The average Bonchev–Trinajstić information content (AvgIpc) is 3.64. The first-order valence-electron chi connectivity index (χ1n) is 34.8. The third-order valence-electron chi connectivity index (χ3n) is 16.6. The summed E-state index contributed by atoms with van der Waals surface area (Å²) in [5, 5.41) is 44.2. The number of aliphatic hydroxyl groups is 4. The lowest BCUT2D eigenvalue weighted by Gasteiger charge is -2.34. The first-order valence-corrected chi connectivity index (χ1v) is 37.3. The van der Waals surface area contributed by atoms with Crippen LogP contribution in [0.25, 0.3) is 0 Å². The minimum Gasteiger partial charge on any atom is -0.466 e. The fourth-order valence-electron chi connectivity index (χ4n) is 10.5. The Morgan fingerprint density at radius 1 is 0.379 bits per heavy atom. The van der Waals surface area contributed by atoms with Crippen molar-refractivity contribution in [3.05, 3.63) is 0 Å². The summed E-state index contributed by atoms with van der Waals surface area (Å²) in [7, 11) is 3.74. The Morgan fingerprint density at radius 2 is 0.701 bits per heavy atom. The van der Waals surface area contributed by atoms with E-state index in [2.05, 4.69) is 61.1 Å². The molecule has 18 nitrogen and oxygen atoms in total. The monoisotopic (exact) mass is 1280 g/mol. The van der Waals surface area contributed by atoms with E-state index in [9.17, 15) is 44.4 Å². The first-order chi connectivity index (χ1) is 42.1. The minimum absolute atomic E-state index is 0.141. The molecule has 0 saturated carbocycles. The summed E-state index contributed by atoms with van der Waals surface area (Å²) in [6.07, 6.45) is 20.8. The Balaban J connectivity index is 2.49. The van der Waals surface area contributed by atoms with E-state index in [1.165, 1.54) is 0 Å². The maximum Gasteiger partial charge on any atom is 0.305 e. The van der Waals surface area contributed by atoms with Crippen molar-refractivity contribution in [3.8, 4) is 0 Å². The average molecular weight is 1280 g/mol. The molecule has 1 rings (SSSR count). The van der Waals surface area contributed by atoms with E-state index in [1.54, 1.807) is 0 Å². The summed E-state index contributed by atoms with van der Waals surface area (Å²) in [4.78, 5) is 70.4. The van der Waals surface area contributed by atoms with Crippen molar-refractivity contribution < 1.29 is 68.1 Å². The SMILES string of the molecule is CCCCOC(=O)CCCCCCC(O)CN(CCCC(=O)OCCN1CCN(CCSSCCCN(CC(O)CCCCC(=O)OCC(CC)CC)CC(O)CCCCC(=O)OCC(CC)CC)CC1)CC(O)CCCCCCC(=O)OCCCC. The summed E-state index contributed by atoms with van der Waals surface area (Å²) in [6.45, 7) is 23.3. The number of aliphatic hydroxyl groups excluding tert-OH is 4. The van der Waals surface area contributed by atoms with Crippen molar-refractivity contribution in [2.24, 2.45) is 11.8 Å². The van der Waals surface area contributed by atoms with E-state index >= 15 is 0 Å². The normalized spacial score (nSPS) is 14.6. The molecule has 0 aromatic carbocycles. The highest BCUT2D eigenvalue weighted by molar-refractivity contribution is 8.76. The molecule has 1 saturated heterocycles. The summed E-state index contributed by atoms with van der Waals surface area (Å²) >= 11 is 0. The third kappa shape index (κ3) is 50.0. The van der Waals surface area contributed by atoms with Crippen LogP contribution >= 0.6 is 21.6 Å². The highest BCUT2D eigenvalue weighted by atomic mass is 33.1. The van der Waals surface area contributed by atoms with Crippen LogP contribution in [0.1, 0.15) is 241 Å². The van der Waals surface area contributed by atoms with Crippen LogP contribution < -0.4 is 0 Å². The number of hydrogen-bond donors (Lipinski definition) is 4. The lowest BCUT2D eigenvalue weighted by atomic mass is 10.1. The van der Waals surface area contributed by atoms with Gasteiger partial charge < -0.3 is 44.1 Å². The topological polar surface area (TPSA) is 225 Å². The summed E-state index contributed by atoms with van der Waals surface area (Å²) in [6, 6.07) is 0. The molecule has 512 valence electrons. The second kappa shape index (κ2) is 57.6. The molecule has 87 heavy (non-hydrogen) atoms. The van der Waals surface area contributed by atoms with Crippen molar-refractivity contribution in [3.63, 3.8) is 0 Å². The molecule has 1 aliphatic rings. The summed E-state index contributed by atoms with van der Waals surface area (Å²) in [5.41, 5.74) is 0. The van der Waals surface area contributed by atoms with Gasteiger partial charge >= 0.3 is 29.8 Å². The van der Waals surface area contributed by atoms with Crippen molar-refractivity contribution in [1.29, 1.82) is 0 Å². The van der Waals surface area contributed by atoms with Gasteiger partial charge in [0.15, 0.2) is 0 Å². The molecule has 0 radical (unpaired) electrons. The van der Waals surface area contributed by atoms with E-state index in [0.717, 1.165) is 173 Å². The zero-order valence-electron chi connectivity index (χ0n) is 55.8. The molecule has 0 aromatic rings. The zero-order valence-corrected chi connectivity index (χ0v) is 57.4. The van der Waals surface area contributed by atoms with E-state index in [4.69, 9.17) is 23.7 Å². The molecule has 0 aromatic heterocycles. The van der Waals surface area contributed by atoms with Crippen molar-refractivity contribution in [2.45, 2.75) is 265 Å². The van der Waals surface area contributed by atoms with E-state index in [1.807, 2.05) is 21.6 Å². The lowest BCUT2D eigenvalue weighted by molar-refractivity contribution is -0.146. The van der Waals surface area contributed by atoms with Crippen LogP contribution in [0.2, 0.25) is 0 Å². The van der Waals surface area contributed by atoms with Gasteiger partial charge in [-0.3, -0.25) is 43.6 Å². The smallest absolute Gasteiger partial charge is 0.305 e. The molecule has 0 spiro atoms. The second-order valence-corrected chi connectivity index (χ2v) is 27.1. The van der Waals surface area contributed by atoms with Crippen LogP contribution in [0.5, 0.6) is 0 Å². The molecule has 0 amide bonds. The molecule has 1 fully saturated rings. The predicted molar refractivity (Wildman–Crippen MR) is 354 cm³/mol. The Bertz CT molecular complexity index is 1580. The number of esters is 5. The quantitative estimate of drug-likeness (QED) is 0.0192. The van der Waals surface area contributed by atoms with Crippen molar-refractivity contribution in [1.82, 2.24) is 19.6 Å². The standard InChI is InChI=1S/C67H128N4O14S2/c1-7-13-46-81-63(76)33-21-17-15-19-29-59(72)51-70(52-60(73)30-20-16-18-22-34-64(77)82-47-14-8-2)38-27-37-65(78)83-48-44-68-40-42-69(43-41-68)45-50-87-86-49-28-39-71(53-61(74)31-23-25-35-66(79)84-55-57(9-3)10-4)54-62(75)32-24-26-36-67(80)85-56-58(11-5)12-6/h57-62,72-75H,7-56H2,1-6H3. The predicted octanol–water partition coefficient (Wildman–Crippen LogP) is 11.2. The molecule has 4 N–H and O–H groups in total. The van der Waals surface area contributed by atoms with Gasteiger partial charge in [0, 0.05) is 109 Å². The van der Waals surface area contributed by atoms with Gasteiger partial charge in [0.2, 0.25) is 0 Å². The highest BCUT2D eigenvalue weighted by Gasteiger charge is 2.21. The fraction of sp³-hybridized carbons (Fsp3) is 0.925. The van der Waals surface area contributed by atoms with Crippen LogP contribution in [0.15, 0.2) is 0 Å². The van der Waals surface area contributed by atoms with E-state index in [-0.39, 0.29) is 36.3 Å². The van der Waals surface area contributed by atoms with Crippen LogP contribution in [0, 0.1) is 11.8 Å². The highest BCUT2D eigenvalue weighted by Crippen LogP contribution is 2.23. The fourth-order valence-corrected chi connectivity index (χ4v) is 12.6. The zero-order chi connectivity index (χ0) is 64.0. The number of piperazine rings is 1. The molecular weight excluding hydrogens is 1150 g/mol. The van der Waals surface area contributed by atoms with Gasteiger partial charge in [-0.1, -0.05) is 153 Å². The van der Waals surface area contributed by atoms with Gasteiger partial charge in [-0.25, -0.2) is 0 Å². The molecular formula is C67H128N4O14S2. The number of hydrogen-bond acceptors (Lipinski definition) is 20. The number of unbranched alkanes of at least 4 members (excludes halogenated alkanes) is 10. The maximum absolute atomic E-state index is 12.9. The Labute approximate surface area is 536 Å². The first kappa shape index (κ1) is 82.7. The molecule has 1 aliphatic heterocycles. The molecule has 0 aliphatic carbocycles. The molecule has 1 heterocycles. The number of rotatable bonds is 61. The van der Waals surface area contributed by atoms with E-state index < -0.39 is 24.4 Å². The Morgan fingerprint density at radius 3 is 1.10 bits per heavy atom. The number of carbonyl (C=O) groups is 5. The van der Waals surface area contributed by atoms with Crippen LogP contribution in [-0.4, -0.2) is 217 Å². The molecule has 4 unspecified atom stereocenters. The van der Waals surface area contributed by atoms with Crippen LogP contribution in [0.4, 0.5) is 0 Å². The van der Waals surface area contributed by atoms with Gasteiger partial charge in [0.05, 0.1) is 50.8 Å². The van der Waals surface area contributed by atoms with Crippen molar-refractivity contribution >= 4 is 51.4 Å². The number of nitrogens with zero attached hydrogens (tertiary/aromatic N) is 4. The van der Waals surface area contributed by atoms with Gasteiger partial charge in [-0.05, 0) is 102 Å². The minimum atomic E-state index is -0.568. The van der Waals surface area contributed by atoms with Crippen molar-refractivity contribution in [2.75, 3.05) is 123 Å². The van der Waals surface area contributed by atoms with Gasteiger partial charge in [-0.15, -0.1) is 0 Å². The molecule has 4 atom stereocenters. The van der Waals surface area contributed by atoms with E-state index in [0.29, 0.717) is 155 Å². The maximum atomic E-state index is 12.9.